The molecule has 60 valence electrons. The van der Waals surface area contributed by atoms with Crippen LogP contribution in [0.2, 0.25) is 0 Å². The van der Waals surface area contributed by atoms with E-state index in [1.54, 1.807) is 0 Å². The molecule has 0 aromatic carbocycles. The summed E-state index contributed by atoms with van der Waals surface area (Å²) < 4.78 is 0. The Labute approximate surface area is 69.0 Å². The molecule has 2 aliphatic rings. The molecule has 0 N–H and O–H groups in total. The number of fused-ring (bicyclic) bond motifs is 2. The lowest BCUT2D eigenvalue weighted by atomic mass is 9.90. The van der Waals surface area contributed by atoms with E-state index in [2.05, 4.69) is 31.2 Å². The molecule has 3 unspecified atom stereocenters. The summed E-state index contributed by atoms with van der Waals surface area (Å²) in [7, 11) is 0. The molecule has 3 atom stereocenters. The maximum absolute atomic E-state index is 2.43. The van der Waals surface area contributed by atoms with Crippen molar-refractivity contribution in [3.63, 3.8) is 0 Å². The van der Waals surface area contributed by atoms with Gasteiger partial charge in [0.25, 0.3) is 0 Å². The van der Waals surface area contributed by atoms with Crippen LogP contribution >= 0.6 is 0 Å². The van der Waals surface area contributed by atoms with Crippen LogP contribution in [0.3, 0.4) is 0 Å². The third-order valence-electron chi connectivity index (χ3n) is 3.09. The Morgan fingerprint density at radius 1 is 1.36 bits per heavy atom. The Hall–Kier alpha value is -0.520. The molecule has 0 aliphatic heterocycles. The fourth-order valence-corrected chi connectivity index (χ4v) is 2.48. The van der Waals surface area contributed by atoms with Crippen LogP contribution < -0.4 is 0 Å². The van der Waals surface area contributed by atoms with Crippen molar-refractivity contribution in [3.8, 4) is 0 Å². The highest BCUT2D eigenvalue weighted by atomic mass is 14.4. The molecule has 2 bridgehead atoms. The van der Waals surface area contributed by atoms with Crippen molar-refractivity contribution in [3.05, 3.63) is 24.3 Å². The van der Waals surface area contributed by atoms with Crippen molar-refractivity contribution in [1.82, 2.24) is 0 Å². The summed E-state index contributed by atoms with van der Waals surface area (Å²) in [6.45, 7) is 2.11. The lowest BCUT2D eigenvalue weighted by Gasteiger charge is -2.15. The minimum Gasteiger partial charge on any atom is -0.0917 e. The van der Waals surface area contributed by atoms with Crippen LogP contribution in [0.5, 0.6) is 0 Å². The van der Waals surface area contributed by atoms with Crippen LogP contribution in [-0.4, -0.2) is 0 Å². The van der Waals surface area contributed by atoms with Crippen LogP contribution in [0.25, 0.3) is 0 Å². The fourth-order valence-electron chi connectivity index (χ4n) is 2.48. The average Bonchev–Trinajstić information content (AvgIpc) is 2.60. The highest BCUT2D eigenvalue weighted by Gasteiger charge is 2.34. The zero-order valence-electron chi connectivity index (χ0n) is 7.16. The van der Waals surface area contributed by atoms with Gasteiger partial charge in [-0.25, -0.2) is 0 Å². The molecular weight excluding hydrogens is 132 g/mol. The molecule has 2 rings (SSSR count). The minimum atomic E-state index is 0.927. The maximum Gasteiger partial charge on any atom is -0.0196 e. The SMILES string of the molecule is CC=CCC1CC2C=CC1C2. The topological polar surface area (TPSA) is 0 Å². The quantitative estimate of drug-likeness (QED) is 0.528. The number of allylic oxidation sites excluding steroid dienone is 4. The Bertz CT molecular complexity index is 188. The minimum absolute atomic E-state index is 0.927. The molecular formula is C11H16. The summed E-state index contributed by atoms with van der Waals surface area (Å²) in [5, 5.41) is 0. The first kappa shape index (κ1) is 7.15. The highest BCUT2D eigenvalue weighted by molar-refractivity contribution is 5.10. The number of rotatable bonds is 2. The van der Waals surface area contributed by atoms with Crippen LogP contribution in [0, 0.1) is 17.8 Å². The Morgan fingerprint density at radius 3 is 2.82 bits per heavy atom. The Balaban J connectivity index is 1.93. The van der Waals surface area contributed by atoms with E-state index in [0.29, 0.717) is 0 Å². The zero-order valence-corrected chi connectivity index (χ0v) is 7.16. The molecule has 0 saturated heterocycles. The number of hydrogen-bond acceptors (Lipinski definition) is 0. The molecule has 0 amide bonds. The van der Waals surface area contributed by atoms with E-state index in [0.717, 1.165) is 17.8 Å². The van der Waals surface area contributed by atoms with Gasteiger partial charge in [0, 0.05) is 0 Å². The van der Waals surface area contributed by atoms with Gasteiger partial charge in [0.05, 0.1) is 0 Å². The molecule has 1 saturated carbocycles. The molecule has 11 heavy (non-hydrogen) atoms. The van der Waals surface area contributed by atoms with Crippen molar-refractivity contribution in [1.29, 1.82) is 0 Å². The molecule has 0 heterocycles. The smallest absolute Gasteiger partial charge is 0.0196 e. The number of hydrogen-bond donors (Lipinski definition) is 0. The third-order valence-corrected chi connectivity index (χ3v) is 3.09. The van der Waals surface area contributed by atoms with Gasteiger partial charge in [0.2, 0.25) is 0 Å². The first-order valence-electron chi connectivity index (χ1n) is 4.69. The maximum atomic E-state index is 2.43. The molecule has 0 aromatic heterocycles. The van der Waals surface area contributed by atoms with Crippen molar-refractivity contribution < 1.29 is 0 Å². The van der Waals surface area contributed by atoms with Crippen LogP contribution in [-0.2, 0) is 0 Å². The van der Waals surface area contributed by atoms with E-state index < -0.39 is 0 Å². The molecule has 0 radical (unpaired) electrons. The van der Waals surface area contributed by atoms with Crippen molar-refractivity contribution in [2.75, 3.05) is 0 Å². The monoisotopic (exact) mass is 148 g/mol. The Morgan fingerprint density at radius 2 is 2.27 bits per heavy atom. The lowest BCUT2D eigenvalue weighted by molar-refractivity contribution is 0.454. The summed E-state index contributed by atoms with van der Waals surface area (Å²) in [5.41, 5.74) is 0. The standard InChI is InChI=1S/C11H16/c1-2-3-4-10-7-9-5-6-11(10)8-9/h2-3,5-6,9-11H,4,7-8H2,1H3. The zero-order chi connectivity index (χ0) is 7.68. The largest absolute Gasteiger partial charge is 0.0917 e. The van der Waals surface area contributed by atoms with Gasteiger partial charge >= 0.3 is 0 Å². The molecule has 1 fully saturated rings. The van der Waals surface area contributed by atoms with Gasteiger partial charge in [-0.1, -0.05) is 24.3 Å². The van der Waals surface area contributed by atoms with Gasteiger partial charge in [-0.2, -0.15) is 0 Å². The van der Waals surface area contributed by atoms with Crippen LogP contribution in [0.1, 0.15) is 26.2 Å². The normalized spacial score (nSPS) is 41.0. The van der Waals surface area contributed by atoms with Gasteiger partial charge in [-0.3, -0.25) is 0 Å². The Kier molecular flexibility index (Phi) is 1.85. The van der Waals surface area contributed by atoms with E-state index in [1.165, 1.54) is 19.3 Å². The van der Waals surface area contributed by atoms with E-state index in [1.807, 2.05) is 0 Å². The van der Waals surface area contributed by atoms with Crippen molar-refractivity contribution >= 4 is 0 Å². The molecule has 0 nitrogen and oxygen atoms in total. The molecule has 0 aromatic rings. The summed E-state index contributed by atoms with van der Waals surface area (Å²) in [5.74, 6) is 2.84. The second-order valence-electron chi connectivity index (χ2n) is 3.85. The van der Waals surface area contributed by atoms with Gasteiger partial charge in [0.15, 0.2) is 0 Å². The van der Waals surface area contributed by atoms with Gasteiger partial charge < -0.3 is 0 Å². The molecule has 0 heteroatoms. The van der Waals surface area contributed by atoms with Crippen molar-refractivity contribution in [2.24, 2.45) is 17.8 Å². The average molecular weight is 148 g/mol. The molecule has 0 spiro atoms. The van der Waals surface area contributed by atoms with E-state index in [9.17, 15) is 0 Å². The van der Waals surface area contributed by atoms with Gasteiger partial charge in [0.1, 0.15) is 0 Å². The predicted molar refractivity (Wildman–Crippen MR) is 48.3 cm³/mol. The summed E-state index contributed by atoms with van der Waals surface area (Å²) in [6.07, 6.45) is 13.5. The fraction of sp³-hybridized carbons (Fsp3) is 0.636. The van der Waals surface area contributed by atoms with Gasteiger partial charge in [-0.05, 0) is 43.9 Å². The first-order chi connectivity index (χ1) is 5.40. The van der Waals surface area contributed by atoms with E-state index in [-0.39, 0.29) is 0 Å². The third kappa shape index (κ3) is 1.26. The van der Waals surface area contributed by atoms with Crippen LogP contribution in [0.4, 0.5) is 0 Å². The lowest BCUT2D eigenvalue weighted by Crippen LogP contribution is -2.04. The second kappa shape index (κ2) is 2.84. The first-order valence-corrected chi connectivity index (χ1v) is 4.69. The predicted octanol–water partition coefficient (Wildman–Crippen LogP) is 3.16. The summed E-state index contributed by atoms with van der Waals surface area (Å²) in [4.78, 5) is 0. The molecule has 2 aliphatic carbocycles. The van der Waals surface area contributed by atoms with Crippen molar-refractivity contribution in [2.45, 2.75) is 26.2 Å². The van der Waals surface area contributed by atoms with Gasteiger partial charge in [-0.15, -0.1) is 0 Å². The highest BCUT2D eigenvalue weighted by Crippen LogP contribution is 2.44. The summed E-state index contributed by atoms with van der Waals surface area (Å²) >= 11 is 0. The summed E-state index contributed by atoms with van der Waals surface area (Å²) in [6, 6.07) is 0. The second-order valence-corrected chi connectivity index (χ2v) is 3.85. The van der Waals surface area contributed by atoms with E-state index in [4.69, 9.17) is 0 Å². The van der Waals surface area contributed by atoms with Crippen LogP contribution in [0.15, 0.2) is 24.3 Å². The van der Waals surface area contributed by atoms with E-state index >= 15 is 0 Å².